The van der Waals surface area contributed by atoms with Gasteiger partial charge in [-0.15, -0.1) is 0 Å². The second-order valence-corrected chi connectivity index (χ2v) is 5.72. The molecule has 0 fully saturated rings. The number of hydrogen-bond donors (Lipinski definition) is 2. The second kappa shape index (κ2) is 5.29. The molecule has 1 aromatic heterocycles. The van der Waals surface area contributed by atoms with E-state index in [1.54, 1.807) is 0 Å². The first-order valence-electron chi connectivity index (χ1n) is 7.12. The van der Waals surface area contributed by atoms with Crippen LogP contribution in [0, 0.1) is 0 Å². The van der Waals surface area contributed by atoms with Gasteiger partial charge in [-0.3, -0.25) is 9.78 Å². The van der Waals surface area contributed by atoms with E-state index in [4.69, 9.17) is 4.74 Å². The van der Waals surface area contributed by atoms with Gasteiger partial charge in [0.15, 0.2) is 5.69 Å². The number of H-pyrrole nitrogens is 1. The Morgan fingerprint density at radius 2 is 2.00 bits per heavy atom. The average Bonchev–Trinajstić information content (AvgIpc) is 2.48. The fourth-order valence-electron chi connectivity index (χ4n) is 2.10. The quantitative estimate of drug-likeness (QED) is 0.913. The minimum atomic E-state index is -0.565. The normalized spacial score (nSPS) is 15.5. The van der Waals surface area contributed by atoms with Crippen LogP contribution in [-0.4, -0.2) is 21.3 Å². The van der Waals surface area contributed by atoms with Crippen LogP contribution in [0.2, 0.25) is 0 Å². The molecule has 0 saturated heterocycles. The van der Waals surface area contributed by atoms with E-state index < -0.39 is 5.60 Å². The Bertz CT molecular complexity index is 778. The molecule has 0 amide bonds. The Morgan fingerprint density at radius 3 is 2.73 bits per heavy atom. The number of rotatable bonds is 3. The van der Waals surface area contributed by atoms with Crippen molar-refractivity contribution in [3.05, 3.63) is 46.2 Å². The minimum Gasteiger partial charge on any atom is -0.464 e. The summed E-state index contributed by atoms with van der Waals surface area (Å²) in [5.41, 5.74) is 1.19. The maximum atomic E-state index is 12.1. The molecule has 0 aliphatic carbocycles. The first-order chi connectivity index (χ1) is 10.5. The molecule has 0 bridgehead atoms. The fraction of sp³-hybridized carbons (Fsp3) is 0.312. The summed E-state index contributed by atoms with van der Waals surface area (Å²) in [6.07, 6.45) is 0. The molecule has 0 atom stereocenters. The van der Waals surface area contributed by atoms with Crippen LogP contribution in [0.5, 0.6) is 5.88 Å². The van der Waals surface area contributed by atoms with E-state index in [1.165, 1.54) is 0 Å². The van der Waals surface area contributed by atoms with Crippen LogP contribution < -0.4 is 15.6 Å². The molecule has 3 rings (SSSR count). The van der Waals surface area contributed by atoms with Crippen molar-refractivity contribution in [3.63, 3.8) is 0 Å². The maximum absolute atomic E-state index is 12.1. The molecule has 0 radical (unpaired) electrons. The Kier molecular flexibility index (Phi) is 3.44. The first kappa shape index (κ1) is 14.3. The molecule has 114 valence electrons. The molecule has 1 aliphatic heterocycles. The highest BCUT2D eigenvalue weighted by Crippen LogP contribution is 2.31. The van der Waals surface area contributed by atoms with Crippen LogP contribution in [0.4, 0.5) is 11.6 Å². The van der Waals surface area contributed by atoms with E-state index in [0.717, 1.165) is 11.3 Å². The van der Waals surface area contributed by atoms with Gasteiger partial charge in [0.25, 0.3) is 5.56 Å². The van der Waals surface area contributed by atoms with Crippen LogP contribution in [-0.2, 0) is 6.54 Å². The topological polar surface area (TPSA) is 79.4 Å². The predicted molar refractivity (Wildman–Crippen MR) is 86.1 cm³/mol. The Balaban J connectivity index is 1.87. The summed E-state index contributed by atoms with van der Waals surface area (Å²) in [6, 6.07) is 9.87. The van der Waals surface area contributed by atoms with Gasteiger partial charge < -0.3 is 10.1 Å². The summed E-state index contributed by atoms with van der Waals surface area (Å²) in [5.74, 6) is 0.632. The van der Waals surface area contributed by atoms with E-state index in [0.29, 0.717) is 12.5 Å². The minimum absolute atomic E-state index is 0.224. The molecular formula is C16H18N4O2. The number of hydrogen-bond acceptors (Lipinski definition) is 5. The van der Waals surface area contributed by atoms with Gasteiger partial charge in [0, 0.05) is 6.54 Å². The van der Waals surface area contributed by atoms with Crippen LogP contribution in [0.25, 0.3) is 0 Å². The highest BCUT2D eigenvalue weighted by atomic mass is 16.5. The zero-order valence-electron chi connectivity index (χ0n) is 12.8. The number of aromatic nitrogens is 2. The van der Waals surface area contributed by atoms with Gasteiger partial charge in [0.1, 0.15) is 5.60 Å². The van der Waals surface area contributed by atoms with Crippen molar-refractivity contribution in [2.75, 3.05) is 5.32 Å². The number of benzene rings is 1. The first-order valence-corrected chi connectivity index (χ1v) is 7.12. The lowest BCUT2D eigenvalue weighted by molar-refractivity contribution is 0.170. The molecule has 22 heavy (non-hydrogen) atoms. The maximum Gasteiger partial charge on any atom is 0.282 e. The highest BCUT2D eigenvalue weighted by Gasteiger charge is 2.31. The average molecular weight is 298 g/mol. The van der Waals surface area contributed by atoms with Gasteiger partial charge >= 0.3 is 0 Å². The van der Waals surface area contributed by atoms with Crippen molar-refractivity contribution in [2.24, 2.45) is 4.99 Å². The van der Waals surface area contributed by atoms with Crippen molar-refractivity contribution < 1.29 is 4.74 Å². The molecule has 6 heteroatoms. The Labute approximate surface area is 128 Å². The van der Waals surface area contributed by atoms with Crippen LogP contribution >= 0.6 is 0 Å². The van der Waals surface area contributed by atoms with Crippen molar-refractivity contribution >= 4 is 17.3 Å². The predicted octanol–water partition coefficient (Wildman–Crippen LogP) is 2.65. The smallest absolute Gasteiger partial charge is 0.282 e. The number of nitrogens with zero attached hydrogens (tertiary/aromatic N) is 2. The molecule has 1 aromatic carbocycles. The molecular weight excluding hydrogens is 280 g/mol. The summed E-state index contributed by atoms with van der Waals surface area (Å²) >= 11 is 0. The lowest BCUT2D eigenvalue weighted by Crippen LogP contribution is -2.39. The number of ether oxygens (including phenoxy) is 1. The van der Waals surface area contributed by atoms with Gasteiger partial charge in [0.2, 0.25) is 11.8 Å². The number of fused-ring (bicyclic) bond motifs is 1. The fourth-order valence-corrected chi connectivity index (χ4v) is 2.10. The van der Waals surface area contributed by atoms with E-state index in [-0.39, 0.29) is 17.1 Å². The standard InChI is InChI=1S/C16H18N4O2/c1-10-16(2,3)22-14-12(18-10)13(21)19-15(20-14)17-9-11-7-5-4-6-8-11/h4-8H,9H2,1-3H3,(H2,17,19,20,21). The summed E-state index contributed by atoms with van der Waals surface area (Å²) in [4.78, 5) is 23.5. The molecule has 0 spiro atoms. The van der Waals surface area contributed by atoms with Crippen molar-refractivity contribution in [1.82, 2.24) is 9.97 Å². The van der Waals surface area contributed by atoms with Gasteiger partial charge in [-0.1, -0.05) is 30.3 Å². The van der Waals surface area contributed by atoms with Crippen molar-refractivity contribution in [1.29, 1.82) is 0 Å². The van der Waals surface area contributed by atoms with Crippen molar-refractivity contribution in [3.8, 4) is 5.88 Å². The third-order valence-electron chi connectivity index (χ3n) is 3.67. The molecule has 1 aliphatic rings. The summed E-state index contributed by atoms with van der Waals surface area (Å²) in [7, 11) is 0. The van der Waals surface area contributed by atoms with E-state index in [9.17, 15) is 4.79 Å². The van der Waals surface area contributed by atoms with Crippen LogP contribution in [0.3, 0.4) is 0 Å². The van der Waals surface area contributed by atoms with Crippen molar-refractivity contribution in [2.45, 2.75) is 32.9 Å². The lowest BCUT2D eigenvalue weighted by Gasteiger charge is -2.29. The number of nitrogens with one attached hydrogen (secondary N) is 2. The van der Waals surface area contributed by atoms with Gasteiger partial charge in [0.05, 0.1) is 5.71 Å². The van der Waals surface area contributed by atoms with Gasteiger partial charge in [-0.05, 0) is 26.3 Å². The van der Waals surface area contributed by atoms with Gasteiger partial charge in [-0.25, -0.2) is 4.99 Å². The Hall–Kier alpha value is -2.63. The zero-order chi connectivity index (χ0) is 15.7. The molecule has 0 saturated carbocycles. The highest BCUT2D eigenvalue weighted by molar-refractivity contribution is 5.93. The van der Waals surface area contributed by atoms with E-state index in [2.05, 4.69) is 20.3 Å². The number of aromatic amines is 1. The van der Waals surface area contributed by atoms with Crippen LogP contribution in [0.1, 0.15) is 26.3 Å². The largest absolute Gasteiger partial charge is 0.464 e. The molecule has 2 aromatic rings. The monoisotopic (exact) mass is 298 g/mol. The SMILES string of the molecule is CC1=Nc2c(nc(NCc3ccccc3)[nH]c2=O)OC1(C)C. The molecule has 0 unspecified atom stereocenters. The third kappa shape index (κ3) is 2.72. The summed E-state index contributed by atoms with van der Waals surface area (Å²) in [6.45, 7) is 6.20. The third-order valence-corrected chi connectivity index (χ3v) is 3.67. The second-order valence-electron chi connectivity index (χ2n) is 5.72. The summed E-state index contributed by atoms with van der Waals surface area (Å²) < 4.78 is 5.80. The van der Waals surface area contributed by atoms with Gasteiger partial charge in [-0.2, -0.15) is 4.98 Å². The zero-order valence-corrected chi connectivity index (χ0v) is 12.8. The molecule has 6 nitrogen and oxygen atoms in total. The lowest BCUT2D eigenvalue weighted by atomic mass is 10.0. The molecule has 2 heterocycles. The number of aliphatic imine (C=N–C) groups is 1. The van der Waals surface area contributed by atoms with Crippen LogP contribution in [0.15, 0.2) is 40.1 Å². The number of anilines is 1. The summed E-state index contributed by atoms with van der Waals surface area (Å²) in [5, 5.41) is 3.10. The van der Waals surface area contributed by atoms with E-state index in [1.807, 2.05) is 51.1 Å². The van der Waals surface area contributed by atoms with E-state index >= 15 is 0 Å². The Morgan fingerprint density at radius 1 is 1.27 bits per heavy atom. The molecule has 2 N–H and O–H groups in total.